The number of carboxylic acid groups (broad SMARTS) is 1. The maximum absolute atomic E-state index is 11.5. The zero-order valence-corrected chi connectivity index (χ0v) is 9.96. The first-order chi connectivity index (χ1) is 7.47. The zero-order chi connectivity index (χ0) is 12.6. The molecule has 0 heterocycles. The molecular weight excluding hydrogens is 232 g/mol. The first kappa shape index (κ1) is 14.8. The van der Waals surface area contributed by atoms with Crippen LogP contribution in [0.3, 0.4) is 0 Å². The van der Waals surface area contributed by atoms with Crippen molar-refractivity contribution in [1.82, 2.24) is 4.90 Å². The average molecular weight is 248 g/mol. The minimum absolute atomic E-state index is 0.0682. The van der Waals surface area contributed by atoms with Crippen LogP contribution in [0.1, 0.15) is 13.3 Å². The van der Waals surface area contributed by atoms with E-state index in [1.54, 1.807) is 0 Å². The van der Waals surface area contributed by atoms with E-state index in [9.17, 15) is 14.4 Å². The Hall–Kier alpha value is -1.24. The Kier molecular flexibility index (Phi) is 7.36. The molecule has 0 saturated heterocycles. The molecule has 0 spiro atoms. The third-order valence-corrected chi connectivity index (χ3v) is 2.58. The zero-order valence-electron chi connectivity index (χ0n) is 9.14. The van der Waals surface area contributed by atoms with E-state index in [0.29, 0.717) is 13.0 Å². The Morgan fingerprint density at radius 3 is 2.38 bits per heavy atom. The topological polar surface area (TPSA) is 101 Å². The van der Waals surface area contributed by atoms with Crippen molar-refractivity contribution < 1.29 is 19.5 Å². The Labute approximate surface area is 98.2 Å². The number of aliphatic carboxylic acids is 1. The molecule has 0 aromatic heterocycles. The number of rotatable bonds is 8. The number of carbonyl (C=O) groups is 3. The second-order valence-corrected chi connectivity index (χ2v) is 4.15. The van der Waals surface area contributed by atoms with E-state index < -0.39 is 11.9 Å². The standard InChI is InChI=1S/C9H16N2O4S/c1-2-3-11(4-9(14)15)8(13)6-16-5-7(10)12/h2-6H2,1H3,(H2,10,12)(H,14,15). The molecule has 16 heavy (non-hydrogen) atoms. The van der Waals surface area contributed by atoms with Crippen LogP contribution in [0.5, 0.6) is 0 Å². The molecule has 0 aliphatic carbocycles. The molecule has 92 valence electrons. The molecule has 7 heteroatoms. The van der Waals surface area contributed by atoms with Crippen LogP contribution >= 0.6 is 11.8 Å². The molecule has 0 fully saturated rings. The normalized spacial score (nSPS) is 9.81. The predicted octanol–water partition coefficient (Wildman–Crippen LogP) is -0.472. The molecular formula is C9H16N2O4S. The van der Waals surface area contributed by atoms with Crippen molar-refractivity contribution in [2.45, 2.75) is 13.3 Å². The van der Waals surface area contributed by atoms with E-state index in [1.165, 1.54) is 4.90 Å². The number of nitrogens with zero attached hydrogens (tertiary/aromatic N) is 1. The fraction of sp³-hybridized carbons (Fsp3) is 0.667. The molecule has 0 radical (unpaired) electrons. The highest BCUT2D eigenvalue weighted by molar-refractivity contribution is 8.00. The molecule has 0 rings (SSSR count). The second kappa shape index (κ2) is 7.98. The molecule has 0 bridgehead atoms. The largest absolute Gasteiger partial charge is 0.480 e. The van der Waals surface area contributed by atoms with Crippen molar-refractivity contribution >= 4 is 29.5 Å². The number of thioether (sulfide) groups is 1. The van der Waals surface area contributed by atoms with Gasteiger partial charge < -0.3 is 15.7 Å². The molecule has 0 aliphatic heterocycles. The van der Waals surface area contributed by atoms with Gasteiger partial charge >= 0.3 is 5.97 Å². The predicted molar refractivity (Wildman–Crippen MR) is 61.0 cm³/mol. The monoisotopic (exact) mass is 248 g/mol. The molecule has 0 saturated carbocycles. The summed E-state index contributed by atoms with van der Waals surface area (Å²) < 4.78 is 0. The van der Waals surface area contributed by atoms with Crippen LogP contribution in [0, 0.1) is 0 Å². The Morgan fingerprint density at radius 1 is 1.31 bits per heavy atom. The van der Waals surface area contributed by atoms with Crippen LogP contribution in [0.4, 0.5) is 0 Å². The van der Waals surface area contributed by atoms with Gasteiger partial charge in [-0.1, -0.05) is 6.92 Å². The molecule has 2 amide bonds. The molecule has 0 atom stereocenters. The minimum Gasteiger partial charge on any atom is -0.480 e. The highest BCUT2D eigenvalue weighted by Gasteiger charge is 2.15. The van der Waals surface area contributed by atoms with E-state index in [1.807, 2.05) is 6.92 Å². The third-order valence-electron chi connectivity index (χ3n) is 1.64. The summed E-state index contributed by atoms with van der Waals surface area (Å²) in [4.78, 5) is 33.7. The number of nitrogens with two attached hydrogens (primary N) is 1. The number of amides is 2. The summed E-state index contributed by atoms with van der Waals surface area (Å²) in [6.45, 7) is 1.96. The van der Waals surface area contributed by atoms with Crippen LogP contribution in [-0.2, 0) is 14.4 Å². The molecule has 0 aromatic carbocycles. The van der Waals surface area contributed by atoms with E-state index in [0.717, 1.165) is 11.8 Å². The van der Waals surface area contributed by atoms with Crippen molar-refractivity contribution in [3.8, 4) is 0 Å². The minimum atomic E-state index is -1.04. The lowest BCUT2D eigenvalue weighted by Gasteiger charge is -2.19. The van der Waals surface area contributed by atoms with Gasteiger partial charge in [-0.15, -0.1) is 11.8 Å². The van der Waals surface area contributed by atoms with Gasteiger partial charge in [-0.3, -0.25) is 14.4 Å². The first-order valence-electron chi connectivity index (χ1n) is 4.83. The lowest BCUT2D eigenvalue weighted by atomic mass is 10.4. The van der Waals surface area contributed by atoms with Crippen LogP contribution in [0.15, 0.2) is 0 Å². The van der Waals surface area contributed by atoms with Crippen molar-refractivity contribution in [2.24, 2.45) is 5.73 Å². The van der Waals surface area contributed by atoms with E-state index in [4.69, 9.17) is 10.8 Å². The fourth-order valence-electron chi connectivity index (χ4n) is 1.06. The number of hydrogen-bond acceptors (Lipinski definition) is 4. The molecule has 6 nitrogen and oxygen atoms in total. The summed E-state index contributed by atoms with van der Waals surface area (Å²) in [5.41, 5.74) is 4.92. The summed E-state index contributed by atoms with van der Waals surface area (Å²) in [6, 6.07) is 0. The number of hydrogen-bond donors (Lipinski definition) is 2. The van der Waals surface area contributed by atoms with Gasteiger partial charge in [0, 0.05) is 6.54 Å². The molecule has 0 aromatic rings. The highest BCUT2D eigenvalue weighted by atomic mass is 32.2. The average Bonchev–Trinajstić information content (AvgIpc) is 2.15. The first-order valence-corrected chi connectivity index (χ1v) is 5.98. The van der Waals surface area contributed by atoms with E-state index in [-0.39, 0.29) is 24.0 Å². The molecule has 0 unspecified atom stereocenters. The van der Waals surface area contributed by atoms with Gasteiger partial charge in [0.15, 0.2) is 0 Å². The van der Waals surface area contributed by atoms with Crippen molar-refractivity contribution in [3.63, 3.8) is 0 Å². The van der Waals surface area contributed by atoms with Crippen molar-refractivity contribution in [3.05, 3.63) is 0 Å². The maximum atomic E-state index is 11.5. The van der Waals surface area contributed by atoms with E-state index >= 15 is 0 Å². The summed E-state index contributed by atoms with van der Waals surface area (Å²) in [7, 11) is 0. The lowest BCUT2D eigenvalue weighted by Crippen LogP contribution is -2.37. The Bertz CT molecular complexity index is 270. The SMILES string of the molecule is CCCN(CC(=O)O)C(=O)CSCC(N)=O. The van der Waals surface area contributed by atoms with Gasteiger partial charge in [0.25, 0.3) is 0 Å². The Morgan fingerprint density at radius 2 is 1.94 bits per heavy atom. The van der Waals surface area contributed by atoms with Crippen LogP contribution < -0.4 is 5.73 Å². The smallest absolute Gasteiger partial charge is 0.323 e. The van der Waals surface area contributed by atoms with Gasteiger partial charge in [0.1, 0.15) is 6.54 Å². The Balaban J connectivity index is 4.05. The van der Waals surface area contributed by atoms with Crippen molar-refractivity contribution in [2.75, 3.05) is 24.6 Å². The maximum Gasteiger partial charge on any atom is 0.323 e. The van der Waals surface area contributed by atoms with Crippen LogP contribution in [-0.4, -0.2) is 52.4 Å². The van der Waals surface area contributed by atoms with E-state index in [2.05, 4.69) is 0 Å². The van der Waals surface area contributed by atoms with Gasteiger partial charge in [0.05, 0.1) is 11.5 Å². The quantitative estimate of drug-likeness (QED) is 0.604. The number of carboxylic acids is 1. The van der Waals surface area contributed by atoms with Crippen molar-refractivity contribution in [1.29, 1.82) is 0 Å². The van der Waals surface area contributed by atoms with Gasteiger partial charge in [-0.2, -0.15) is 0 Å². The van der Waals surface area contributed by atoms with Gasteiger partial charge in [0.2, 0.25) is 11.8 Å². The van der Waals surface area contributed by atoms with Gasteiger partial charge in [-0.05, 0) is 6.42 Å². The van der Waals surface area contributed by atoms with Crippen LogP contribution in [0.25, 0.3) is 0 Å². The summed E-state index contributed by atoms with van der Waals surface area (Å²) in [6.07, 6.45) is 0.694. The highest BCUT2D eigenvalue weighted by Crippen LogP contribution is 2.03. The third kappa shape index (κ3) is 7.10. The second-order valence-electron chi connectivity index (χ2n) is 3.17. The molecule has 0 aliphatic rings. The van der Waals surface area contributed by atoms with Gasteiger partial charge in [-0.25, -0.2) is 0 Å². The number of carbonyl (C=O) groups excluding carboxylic acids is 2. The summed E-state index contributed by atoms with van der Waals surface area (Å²) in [5, 5.41) is 8.60. The van der Waals surface area contributed by atoms with Crippen LogP contribution in [0.2, 0.25) is 0 Å². The summed E-state index contributed by atoms with van der Waals surface area (Å²) >= 11 is 1.09. The summed E-state index contributed by atoms with van der Waals surface area (Å²) in [5.74, 6) is -1.66. The number of primary amides is 1. The molecule has 3 N–H and O–H groups in total. The lowest BCUT2D eigenvalue weighted by molar-refractivity contribution is -0.143. The fourth-order valence-corrected chi connectivity index (χ4v) is 1.72.